The molecule has 0 radical (unpaired) electrons. The Morgan fingerprint density at radius 3 is 2.79 bits per heavy atom. The zero-order valence-corrected chi connectivity index (χ0v) is 7.30. The number of nitrogens with zero attached hydrogens (tertiary/aromatic N) is 2. The van der Waals surface area contributed by atoms with Crippen LogP contribution in [0.3, 0.4) is 0 Å². The second-order valence-electron chi connectivity index (χ2n) is 2.69. The first-order chi connectivity index (χ1) is 6.69. The van der Waals surface area contributed by atoms with E-state index in [2.05, 4.69) is 0 Å². The van der Waals surface area contributed by atoms with Crippen molar-refractivity contribution in [1.82, 2.24) is 0 Å². The zero-order chi connectivity index (χ0) is 10.6. The highest BCUT2D eigenvalue weighted by atomic mass is 16.6. The molecule has 1 N–H and O–H groups in total. The Hall–Kier alpha value is -1.93. The third-order valence-corrected chi connectivity index (χ3v) is 1.79. The van der Waals surface area contributed by atoms with Crippen molar-refractivity contribution in [3.63, 3.8) is 0 Å². The van der Waals surface area contributed by atoms with Crippen molar-refractivity contribution >= 4 is 5.69 Å². The van der Waals surface area contributed by atoms with Crippen LogP contribution >= 0.6 is 0 Å². The van der Waals surface area contributed by atoms with Crippen LogP contribution in [0.5, 0.6) is 0 Å². The Labute approximate surface area is 80.4 Å². The predicted octanol–water partition coefficient (Wildman–Crippen LogP) is 1.00. The van der Waals surface area contributed by atoms with Crippen LogP contribution in [0.1, 0.15) is 11.1 Å². The molecule has 0 unspecified atom stereocenters. The molecule has 0 spiro atoms. The second kappa shape index (κ2) is 4.35. The molecule has 0 aliphatic carbocycles. The first-order valence-electron chi connectivity index (χ1n) is 3.97. The minimum atomic E-state index is -0.550. The molecule has 0 bridgehead atoms. The van der Waals surface area contributed by atoms with Gasteiger partial charge in [-0.05, 0) is 6.07 Å². The van der Waals surface area contributed by atoms with Crippen molar-refractivity contribution < 1.29 is 10.0 Å². The summed E-state index contributed by atoms with van der Waals surface area (Å²) in [6, 6.07) is 6.03. The topological polar surface area (TPSA) is 87.2 Å². The highest BCUT2D eigenvalue weighted by Gasteiger charge is 2.13. The fourth-order valence-corrected chi connectivity index (χ4v) is 1.14. The number of hydrogen-bond acceptors (Lipinski definition) is 4. The van der Waals surface area contributed by atoms with E-state index in [4.69, 9.17) is 10.4 Å². The SMILES string of the molecule is N#Cc1ccc(CCO)c([N+](=O)[O-])c1. The van der Waals surface area contributed by atoms with E-state index < -0.39 is 4.92 Å². The maximum absolute atomic E-state index is 10.6. The van der Waals surface area contributed by atoms with E-state index in [1.54, 1.807) is 0 Å². The van der Waals surface area contributed by atoms with E-state index in [9.17, 15) is 10.1 Å². The van der Waals surface area contributed by atoms with Crippen molar-refractivity contribution in [2.75, 3.05) is 6.61 Å². The molecule has 5 heteroatoms. The summed E-state index contributed by atoms with van der Waals surface area (Å²) < 4.78 is 0. The van der Waals surface area contributed by atoms with Gasteiger partial charge < -0.3 is 5.11 Å². The lowest BCUT2D eigenvalue weighted by molar-refractivity contribution is -0.385. The fraction of sp³-hybridized carbons (Fsp3) is 0.222. The van der Waals surface area contributed by atoms with Crippen LogP contribution in [-0.2, 0) is 6.42 Å². The molecule has 1 aromatic rings. The molecular weight excluding hydrogens is 184 g/mol. The standard InChI is InChI=1S/C9H8N2O3/c10-6-7-1-2-8(3-4-12)9(5-7)11(13)14/h1-2,5,12H,3-4H2. The summed E-state index contributed by atoms with van der Waals surface area (Å²) in [6.07, 6.45) is 0.224. The highest BCUT2D eigenvalue weighted by Crippen LogP contribution is 2.20. The van der Waals surface area contributed by atoms with Gasteiger partial charge in [0.15, 0.2) is 0 Å². The lowest BCUT2D eigenvalue weighted by Gasteiger charge is -2.00. The lowest BCUT2D eigenvalue weighted by atomic mass is 10.1. The summed E-state index contributed by atoms with van der Waals surface area (Å²) in [6.45, 7) is -0.146. The van der Waals surface area contributed by atoms with Gasteiger partial charge in [-0.25, -0.2) is 0 Å². The molecule has 0 aromatic heterocycles. The molecule has 0 aliphatic heterocycles. The molecule has 0 heterocycles. The van der Waals surface area contributed by atoms with Crippen molar-refractivity contribution in [2.24, 2.45) is 0 Å². The molecule has 72 valence electrons. The van der Waals surface area contributed by atoms with Crippen molar-refractivity contribution in [2.45, 2.75) is 6.42 Å². The molecular formula is C9H8N2O3. The molecule has 5 nitrogen and oxygen atoms in total. The van der Waals surface area contributed by atoms with Crippen molar-refractivity contribution in [1.29, 1.82) is 5.26 Å². The number of rotatable bonds is 3. The van der Waals surface area contributed by atoms with E-state index >= 15 is 0 Å². The predicted molar refractivity (Wildman–Crippen MR) is 48.6 cm³/mol. The van der Waals surface area contributed by atoms with Crippen LogP contribution in [-0.4, -0.2) is 16.6 Å². The van der Waals surface area contributed by atoms with E-state index in [1.807, 2.05) is 6.07 Å². The van der Waals surface area contributed by atoms with E-state index in [0.717, 1.165) is 0 Å². The quantitative estimate of drug-likeness (QED) is 0.571. The van der Waals surface area contributed by atoms with Gasteiger partial charge in [0, 0.05) is 24.7 Å². The van der Waals surface area contributed by atoms with E-state index in [0.29, 0.717) is 5.56 Å². The summed E-state index contributed by atoms with van der Waals surface area (Å²) in [5.41, 5.74) is 0.577. The Morgan fingerprint density at radius 2 is 2.29 bits per heavy atom. The number of hydrogen-bond donors (Lipinski definition) is 1. The summed E-state index contributed by atoms with van der Waals surface area (Å²) in [7, 11) is 0. The van der Waals surface area contributed by atoms with Gasteiger partial charge in [0.25, 0.3) is 5.69 Å². The number of nitro groups is 1. The minimum absolute atomic E-state index is 0.113. The monoisotopic (exact) mass is 192 g/mol. The molecule has 14 heavy (non-hydrogen) atoms. The maximum Gasteiger partial charge on any atom is 0.273 e. The van der Waals surface area contributed by atoms with Gasteiger partial charge in [-0.2, -0.15) is 5.26 Å². The zero-order valence-electron chi connectivity index (χ0n) is 7.30. The summed E-state index contributed by atoms with van der Waals surface area (Å²) >= 11 is 0. The van der Waals surface area contributed by atoms with Crippen molar-refractivity contribution in [3.05, 3.63) is 39.4 Å². The largest absolute Gasteiger partial charge is 0.396 e. The second-order valence-corrected chi connectivity index (χ2v) is 2.69. The Morgan fingerprint density at radius 1 is 1.57 bits per heavy atom. The first kappa shape index (κ1) is 10.2. The Kier molecular flexibility index (Phi) is 3.15. The molecule has 1 rings (SSSR count). The third-order valence-electron chi connectivity index (χ3n) is 1.79. The smallest absolute Gasteiger partial charge is 0.273 e. The van der Waals surface area contributed by atoms with E-state index in [-0.39, 0.29) is 24.3 Å². The molecule has 0 saturated heterocycles. The summed E-state index contributed by atoms with van der Waals surface area (Å²) in [5, 5.41) is 27.8. The summed E-state index contributed by atoms with van der Waals surface area (Å²) in [4.78, 5) is 10.0. The third kappa shape index (κ3) is 2.06. The minimum Gasteiger partial charge on any atom is -0.396 e. The van der Waals surface area contributed by atoms with E-state index in [1.165, 1.54) is 18.2 Å². The lowest BCUT2D eigenvalue weighted by Crippen LogP contribution is -1.98. The van der Waals surface area contributed by atoms with Crippen LogP contribution in [0.25, 0.3) is 0 Å². The number of aliphatic hydroxyl groups is 1. The van der Waals surface area contributed by atoms with Gasteiger partial charge in [0.2, 0.25) is 0 Å². The van der Waals surface area contributed by atoms with Crippen LogP contribution in [0.4, 0.5) is 5.69 Å². The summed E-state index contributed by atoms with van der Waals surface area (Å²) in [5.74, 6) is 0. The number of nitriles is 1. The van der Waals surface area contributed by atoms with Crippen LogP contribution in [0, 0.1) is 21.4 Å². The highest BCUT2D eigenvalue weighted by molar-refractivity contribution is 5.47. The Bertz CT molecular complexity index is 396. The number of nitro benzene ring substituents is 1. The first-order valence-corrected chi connectivity index (χ1v) is 3.97. The number of benzene rings is 1. The molecule has 1 aromatic carbocycles. The van der Waals surface area contributed by atoms with Crippen LogP contribution in [0.15, 0.2) is 18.2 Å². The fourth-order valence-electron chi connectivity index (χ4n) is 1.14. The maximum atomic E-state index is 10.6. The molecule has 0 aliphatic rings. The normalized spacial score (nSPS) is 9.43. The molecule has 0 saturated carbocycles. The average molecular weight is 192 g/mol. The van der Waals surface area contributed by atoms with Gasteiger partial charge in [-0.1, -0.05) is 6.07 Å². The number of aliphatic hydroxyl groups excluding tert-OH is 1. The van der Waals surface area contributed by atoms with Gasteiger partial charge >= 0.3 is 0 Å². The van der Waals surface area contributed by atoms with Gasteiger partial charge in [0.1, 0.15) is 0 Å². The average Bonchev–Trinajstić information content (AvgIpc) is 2.18. The van der Waals surface area contributed by atoms with Gasteiger partial charge in [-0.3, -0.25) is 10.1 Å². The van der Waals surface area contributed by atoms with Gasteiger partial charge in [-0.15, -0.1) is 0 Å². The van der Waals surface area contributed by atoms with Crippen LogP contribution < -0.4 is 0 Å². The molecule has 0 fully saturated rings. The van der Waals surface area contributed by atoms with Gasteiger partial charge in [0.05, 0.1) is 16.6 Å². The van der Waals surface area contributed by atoms with Crippen LogP contribution in [0.2, 0.25) is 0 Å². The molecule has 0 amide bonds. The van der Waals surface area contributed by atoms with Crippen molar-refractivity contribution in [3.8, 4) is 6.07 Å². The Balaban J connectivity index is 3.18. The molecule has 0 atom stereocenters.